The summed E-state index contributed by atoms with van der Waals surface area (Å²) in [5.74, 6) is 2.19. The molecule has 168 valence electrons. The van der Waals surface area contributed by atoms with Crippen LogP contribution in [0, 0.1) is 18.8 Å². The average molecular weight is 439 g/mol. The topological polar surface area (TPSA) is 105 Å². The number of carbonyl (C=O) groups is 1. The van der Waals surface area contributed by atoms with Crippen molar-refractivity contribution in [2.24, 2.45) is 11.8 Å². The fourth-order valence-corrected chi connectivity index (χ4v) is 6.63. The van der Waals surface area contributed by atoms with Gasteiger partial charge in [0.15, 0.2) is 5.82 Å². The summed E-state index contributed by atoms with van der Waals surface area (Å²) in [4.78, 5) is 19.5. The molecule has 0 bridgehead atoms. The summed E-state index contributed by atoms with van der Waals surface area (Å²) in [6, 6.07) is -0.161. The van der Waals surface area contributed by atoms with Crippen molar-refractivity contribution in [3.8, 4) is 0 Å². The van der Waals surface area contributed by atoms with Gasteiger partial charge >= 0.3 is 0 Å². The maximum atomic E-state index is 13.0. The standard InChI is InChI=1S/C21H34N4O4S/c1-3-30(27,28)24-18-11-17-13-25(19(26)10-9-16-7-5-4-6-8-16)14-21(17,12-18)20-22-15(2)23-29-20/h16-18,24H,3-14H2,1-2H3/t17-,18+,21-/m0/s1. The summed E-state index contributed by atoms with van der Waals surface area (Å²) in [5.41, 5.74) is -0.456. The molecule has 2 saturated carbocycles. The Bertz CT molecular complexity index is 864. The Morgan fingerprint density at radius 2 is 2.07 bits per heavy atom. The predicted molar refractivity (Wildman–Crippen MR) is 112 cm³/mol. The smallest absolute Gasteiger partial charge is 0.235 e. The number of amides is 1. The molecule has 1 N–H and O–H groups in total. The zero-order valence-electron chi connectivity index (χ0n) is 18.1. The first-order chi connectivity index (χ1) is 14.3. The minimum atomic E-state index is -3.29. The quantitative estimate of drug-likeness (QED) is 0.701. The molecule has 0 radical (unpaired) electrons. The van der Waals surface area contributed by atoms with Gasteiger partial charge in [0.1, 0.15) is 0 Å². The third-order valence-electron chi connectivity index (χ3n) is 7.40. The van der Waals surface area contributed by atoms with Crippen LogP contribution in [0.1, 0.15) is 76.4 Å². The van der Waals surface area contributed by atoms with Crippen molar-refractivity contribution in [1.29, 1.82) is 0 Å². The molecule has 1 aromatic heterocycles. The van der Waals surface area contributed by atoms with E-state index >= 15 is 0 Å². The molecule has 4 rings (SSSR count). The van der Waals surface area contributed by atoms with Gasteiger partial charge in [0, 0.05) is 25.6 Å². The van der Waals surface area contributed by atoms with Crippen LogP contribution in [-0.4, -0.2) is 54.2 Å². The molecule has 3 atom stereocenters. The summed E-state index contributed by atoms with van der Waals surface area (Å²) in [5, 5.41) is 3.97. The summed E-state index contributed by atoms with van der Waals surface area (Å²) in [7, 11) is -3.29. The van der Waals surface area contributed by atoms with E-state index in [4.69, 9.17) is 4.52 Å². The molecule has 1 aliphatic heterocycles. The van der Waals surface area contributed by atoms with Crippen molar-refractivity contribution in [2.75, 3.05) is 18.8 Å². The summed E-state index contributed by atoms with van der Waals surface area (Å²) in [6.45, 7) is 4.59. The second-order valence-electron chi connectivity index (χ2n) is 9.47. The van der Waals surface area contributed by atoms with E-state index < -0.39 is 15.4 Å². The fourth-order valence-electron chi connectivity index (χ4n) is 5.78. The SMILES string of the molecule is CCS(=O)(=O)N[C@@H]1C[C@H]2CN(C(=O)CCC3CCCCC3)C[C@@]2(c2nc(C)no2)C1. The predicted octanol–water partition coefficient (Wildman–Crippen LogP) is 2.54. The number of rotatable bonds is 7. The number of hydrogen-bond acceptors (Lipinski definition) is 6. The molecule has 30 heavy (non-hydrogen) atoms. The van der Waals surface area contributed by atoms with Crippen molar-refractivity contribution >= 4 is 15.9 Å². The number of fused-ring (bicyclic) bond motifs is 1. The summed E-state index contributed by atoms with van der Waals surface area (Å²) < 4.78 is 32.6. The van der Waals surface area contributed by atoms with Crippen LogP contribution in [0.2, 0.25) is 0 Å². The van der Waals surface area contributed by atoms with Crippen LogP contribution in [0.15, 0.2) is 4.52 Å². The number of hydrogen-bond donors (Lipinski definition) is 1. The van der Waals surface area contributed by atoms with E-state index in [1.54, 1.807) is 13.8 Å². The molecule has 2 heterocycles. The maximum absolute atomic E-state index is 13.0. The first-order valence-electron chi connectivity index (χ1n) is 11.4. The minimum absolute atomic E-state index is 0.0621. The Balaban J connectivity index is 1.46. The highest BCUT2D eigenvalue weighted by atomic mass is 32.2. The van der Waals surface area contributed by atoms with Crippen molar-refractivity contribution in [1.82, 2.24) is 19.8 Å². The van der Waals surface area contributed by atoms with Crippen molar-refractivity contribution < 1.29 is 17.7 Å². The van der Waals surface area contributed by atoms with E-state index in [0.29, 0.717) is 50.0 Å². The number of aromatic nitrogens is 2. The molecule has 0 unspecified atom stereocenters. The molecule has 3 fully saturated rings. The number of aryl methyl sites for hydroxylation is 1. The van der Waals surface area contributed by atoms with Gasteiger partial charge in [0.2, 0.25) is 21.8 Å². The first-order valence-corrected chi connectivity index (χ1v) is 13.0. The Morgan fingerprint density at radius 3 is 2.73 bits per heavy atom. The highest BCUT2D eigenvalue weighted by molar-refractivity contribution is 7.89. The number of nitrogens with zero attached hydrogens (tertiary/aromatic N) is 3. The highest BCUT2D eigenvalue weighted by Gasteiger charge is 2.58. The van der Waals surface area contributed by atoms with Crippen molar-refractivity contribution in [2.45, 2.75) is 83.1 Å². The van der Waals surface area contributed by atoms with Gasteiger partial charge in [-0.3, -0.25) is 4.79 Å². The van der Waals surface area contributed by atoms with Gasteiger partial charge in [-0.05, 0) is 44.9 Å². The van der Waals surface area contributed by atoms with Crippen LogP contribution in [0.25, 0.3) is 0 Å². The van der Waals surface area contributed by atoms with E-state index in [-0.39, 0.29) is 23.6 Å². The lowest BCUT2D eigenvalue weighted by Gasteiger charge is -2.26. The molecule has 9 heteroatoms. The van der Waals surface area contributed by atoms with Gasteiger partial charge in [-0.1, -0.05) is 37.3 Å². The van der Waals surface area contributed by atoms with E-state index in [1.165, 1.54) is 32.1 Å². The van der Waals surface area contributed by atoms with E-state index in [1.807, 2.05) is 4.90 Å². The normalized spacial score (nSPS) is 30.0. The summed E-state index contributed by atoms with van der Waals surface area (Å²) in [6.07, 6.45) is 9.26. The zero-order valence-corrected chi connectivity index (χ0v) is 18.9. The molecule has 3 aliphatic rings. The third kappa shape index (κ3) is 4.42. The van der Waals surface area contributed by atoms with Gasteiger partial charge in [0.05, 0.1) is 11.2 Å². The van der Waals surface area contributed by atoms with Gasteiger partial charge in [-0.2, -0.15) is 4.98 Å². The highest BCUT2D eigenvalue weighted by Crippen LogP contribution is 2.50. The van der Waals surface area contributed by atoms with E-state index in [9.17, 15) is 13.2 Å². The van der Waals surface area contributed by atoms with E-state index in [0.717, 1.165) is 6.42 Å². The second-order valence-corrected chi connectivity index (χ2v) is 11.5. The molecular weight excluding hydrogens is 404 g/mol. The van der Waals surface area contributed by atoms with Crippen LogP contribution in [0.3, 0.4) is 0 Å². The van der Waals surface area contributed by atoms with Gasteiger partial charge in [-0.15, -0.1) is 0 Å². The van der Waals surface area contributed by atoms with Gasteiger partial charge in [0.25, 0.3) is 0 Å². The van der Waals surface area contributed by atoms with Crippen LogP contribution in [0.5, 0.6) is 0 Å². The molecule has 1 saturated heterocycles. The third-order valence-corrected chi connectivity index (χ3v) is 8.85. The lowest BCUT2D eigenvalue weighted by Crippen LogP contribution is -2.40. The first kappa shape index (κ1) is 21.7. The summed E-state index contributed by atoms with van der Waals surface area (Å²) >= 11 is 0. The molecular formula is C21H34N4O4S. The fraction of sp³-hybridized carbons (Fsp3) is 0.857. The number of nitrogens with one attached hydrogen (secondary N) is 1. The van der Waals surface area contributed by atoms with Crippen LogP contribution >= 0.6 is 0 Å². The minimum Gasteiger partial charge on any atom is -0.341 e. The number of sulfonamides is 1. The Morgan fingerprint density at radius 1 is 1.30 bits per heavy atom. The average Bonchev–Trinajstić information content (AvgIpc) is 3.39. The Labute approximate surface area is 179 Å². The Hall–Kier alpha value is -1.48. The molecule has 8 nitrogen and oxygen atoms in total. The number of carbonyl (C=O) groups excluding carboxylic acids is 1. The Kier molecular flexibility index (Phi) is 6.21. The maximum Gasteiger partial charge on any atom is 0.235 e. The molecule has 1 amide bonds. The molecule has 0 spiro atoms. The van der Waals surface area contributed by atoms with E-state index in [2.05, 4.69) is 14.9 Å². The van der Waals surface area contributed by atoms with Crippen molar-refractivity contribution in [3.63, 3.8) is 0 Å². The number of likely N-dealkylation sites (tertiary alicyclic amines) is 1. The van der Waals surface area contributed by atoms with Crippen LogP contribution in [-0.2, 0) is 20.2 Å². The van der Waals surface area contributed by atoms with Crippen molar-refractivity contribution in [3.05, 3.63) is 11.7 Å². The zero-order chi connectivity index (χ0) is 21.4. The van der Waals surface area contributed by atoms with Crippen LogP contribution < -0.4 is 4.72 Å². The molecule has 1 aromatic rings. The lowest BCUT2D eigenvalue weighted by molar-refractivity contribution is -0.131. The second kappa shape index (κ2) is 8.57. The molecule has 0 aromatic carbocycles. The van der Waals surface area contributed by atoms with Crippen LogP contribution in [0.4, 0.5) is 0 Å². The largest absolute Gasteiger partial charge is 0.341 e. The van der Waals surface area contributed by atoms with Gasteiger partial charge in [-0.25, -0.2) is 13.1 Å². The monoisotopic (exact) mass is 438 g/mol. The van der Waals surface area contributed by atoms with Gasteiger partial charge < -0.3 is 9.42 Å². The lowest BCUT2D eigenvalue weighted by atomic mass is 9.80. The molecule has 2 aliphatic carbocycles.